The second-order valence-corrected chi connectivity index (χ2v) is 5.89. The molecular formula is C14H11N3OS2. The number of nitrogens with two attached hydrogens (primary N) is 1. The number of nitrogen functional groups attached to an aromatic ring is 1. The Morgan fingerprint density at radius 3 is 2.70 bits per heavy atom. The predicted octanol–water partition coefficient (Wildman–Crippen LogP) is 3.71. The van der Waals surface area contributed by atoms with Crippen molar-refractivity contribution in [1.29, 1.82) is 0 Å². The maximum Gasteiger partial charge on any atom is 0.275 e. The minimum Gasteiger partial charge on any atom is -0.375 e. The Hall–Kier alpha value is -2.18. The zero-order chi connectivity index (χ0) is 13.9. The van der Waals surface area contributed by atoms with Crippen LogP contribution in [0.15, 0.2) is 47.2 Å². The fraction of sp³-hybridized carbons (Fsp3) is 0. The van der Waals surface area contributed by atoms with Gasteiger partial charge in [-0.1, -0.05) is 24.3 Å². The lowest BCUT2D eigenvalue weighted by atomic mass is 10.1. The van der Waals surface area contributed by atoms with Crippen LogP contribution in [0.4, 0.5) is 10.8 Å². The fourth-order valence-corrected chi connectivity index (χ4v) is 3.13. The van der Waals surface area contributed by atoms with Gasteiger partial charge in [-0.2, -0.15) is 0 Å². The van der Waals surface area contributed by atoms with Crippen molar-refractivity contribution in [3.8, 4) is 10.4 Å². The molecule has 2 aromatic heterocycles. The van der Waals surface area contributed by atoms with Gasteiger partial charge in [0.25, 0.3) is 5.91 Å². The summed E-state index contributed by atoms with van der Waals surface area (Å²) in [4.78, 5) is 17.2. The van der Waals surface area contributed by atoms with E-state index in [0.717, 1.165) is 16.1 Å². The molecular weight excluding hydrogens is 290 g/mol. The molecule has 0 atom stereocenters. The van der Waals surface area contributed by atoms with Gasteiger partial charge in [-0.3, -0.25) is 4.79 Å². The summed E-state index contributed by atoms with van der Waals surface area (Å²) >= 11 is 2.89. The number of thiazole rings is 1. The molecule has 4 nitrogen and oxygen atoms in total. The van der Waals surface area contributed by atoms with Crippen LogP contribution >= 0.6 is 22.7 Å². The third-order valence-corrected chi connectivity index (χ3v) is 4.29. The lowest BCUT2D eigenvalue weighted by molar-refractivity contribution is 0.102. The molecule has 1 amide bonds. The summed E-state index contributed by atoms with van der Waals surface area (Å²) in [6.07, 6.45) is 0. The summed E-state index contributed by atoms with van der Waals surface area (Å²) in [6.45, 7) is 0. The van der Waals surface area contributed by atoms with Crippen molar-refractivity contribution in [2.45, 2.75) is 0 Å². The Morgan fingerprint density at radius 2 is 2.00 bits per heavy atom. The van der Waals surface area contributed by atoms with Crippen molar-refractivity contribution in [2.24, 2.45) is 0 Å². The Kier molecular flexibility index (Phi) is 3.49. The van der Waals surface area contributed by atoms with E-state index in [1.807, 2.05) is 41.8 Å². The summed E-state index contributed by atoms with van der Waals surface area (Å²) in [7, 11) is 0. The molecule has 3 N–H and O–H groups in total. The lowest BCUT2D eigenvalue weighted by Gasteiger charge is -2.08. The number of hydrogen-bond acceptors (Lipinski definition) is 5. The van der Waals surface area contributed by atoms with Crippen molar-refractivity contribution >= 4 is 39.4 Å². The molecule has 3 rings (SSSR count). The molecule has 6 heteroatoms. The maximum absolute atomic E-state index is 12.1. The van der Waals surface area contributed by atoms with Gasteiger partial charge in [-0.15, -0.1) is 22.7 Å². The Labute approximate surface area is 123 Å². The van der Waals surface area contributed by atoms with Gasteiger partial charge < -0.3 is 11.1 Å². The van der Waals surface area contributed by atoms with E-state index in [2.05, 4.69) is 10.3 Å². The summed E-state index contributed by atoms with van der Waals surface area (Å²) < 4.78 is 0. The SMILES string of the molecule is Nc1nc(C(=O)Nc2ccccc2-c2cccs2)cs1. The number of nitrogens with zero attached hydrogens (tertiary/aromatic N) is 1. The Bertz CT molecular complexity index is 734. The van der Waals surface area contributed by atoms with Crippen molar-refractivity contribution in [3.05, 3.63) is 52.9 Å². The van der Waals surface area contributed by atoms with E-state index in [9.17, 15) is 4.79 Å². The summed E-state index contributed by atoms with van der Waals surface area (Å²) in [5.74, 6) is -0.248. The standard InChI is InChI=1S/C14H11N3OS2/c15-14-17-11(8-20-14)13(18)16-10-5-2-1-4-9(10)12-6-3-7-19-12/h1-8H,(H2,15,17)(H,16,18). The normalized spacial score (nSPS) is 10.4. The molecule has 0 saturated heterocycles. The van der Waals surface area contributed by atoms with Gasteiger partial charge in [0, 0.05) is 21.5 Å². The number of anilines is 2. The molecule has 0 aliphatic carbocycles. The van der Waals surface area contributed by atoms with Crippen LogP contribution in [-0.2, 0) is 0 Å². The molecule has 3 aromatic rings. The molecule has 2 heterocycles. The second kappa shape index (κ2) is 5.44. The van der Waals surface area contributed by atoms with Crippen LogP contribution in [0.2, 0.25) is 0 Å². The Morgan fingerprint density at radius 1 is 1.15 bits per heavy atom. The summed E-state index contributed by atoms with van der Waals surface area (Å²) in [5.41, 5.74) is 7.66. The zero-order valence-electron chi connectivity index (χ0n) is 10.4. The monoisotopic (exact) mass is 301 g/mol. The number of benzene rings is 1. The second-order valence-electron chi connectivity index (χ2n) is 4.05. The molecule has 1 aromatic carbocycles. The minimum absolute atomic E-state index is 0.248. The molecule has 0 spiro atoms. The first-order valence-corrected chi connectivity index (χ1v) is 7.65. The van der Waals surface area contributed by atoms with Crippen molar-refractivity contribution in [2.75, 3.05) is 11.1 Å². The van der Waals surface area contributed by atoms with Crippen LogP contribution in [0, 0.1) is 0 Å². The van der Waals surface area contributed by atoms with E-state index < -0.39 is 0 Å². The van der Waals surface area contributed by atoms with Gasteiger partial charge in [0.05, 0.1) is 0 Å². The number of hydrogen-bond donors (Lipinski definition) is 2. The number of rotatable bonds is 3. The van der Waals surface area contributed by atoms with Crippen molar-refractivity contribution < 1.29 is 4.79 Å². The highest BCUT2D eigenvalue weighted by Crippen LogP contribution is 2.31. The highest BCUT2D eigenvalue weighted by atomic mass is 32.1. The van der Waals surface area contributed by atoms with Gasteiger partial charge in [-0.25, -0.2) is 4.98 Å². The molecule has 0 radical (unpaired) electrons. The average molecular weight is 301 g/mol. The van der Waals surface area contributed by atoms with Gasteiger partial charge >= 0.3 is 0 Å². The van der Waals surface area contributed by atoms with Gasteiger partial charge in [-0.05, 0) is 17.5 Å². The van der Waals surface area contributed by atoms with Crippen LogP contribution in [-0.4, -0.2) is 10.9 Å². The first-order valence-electron chi connectivity index (χ1n) is 5.89. The van der Waals surface area contributed by atoms with Crippen LogP contribution in [0.3, 0.4) is 0 Å². The third kappa shape index (κ3) is 2.56. The van der Waals surface area contributed by atoms with Crippen molar-refractivity contribution in [3.63, 3.8) is 0 Å². The smallest absolute Gasteiger partial charge is 0.275 e. The molecule has 0 aliphatic heterocycles. The highest BCUT2D eigenvalue weighted by Gasteiger charge is 2.13. The molecule has 0 aliphatic rings. The number of amides is 1. The van der Waals surface area contributed by atoms with Crippen LogP contribution < -0.4 is 11.1 Å². The summed E-state index contributed by atoms with van der Waals surface area (Å²) in [6, 6.07) is 11.7. The largest absolute Gasteiger partial charge is 0.375 e. The topological polar surface area (TPSA) is 68.0 Å². The number of carbonyl (C=O) groups excluding carboxylic acids is 1. The molecule has 0 bridgehead atoms. The number of aromatic nitrogens is 1. The predicted molar refractivity (Wildman–Crippen MR) is 84.2 cm³/mol. The van der Waals surface area contributed by atoms with Gasteiger partial charge in [0.15, 0.2) is 5.13 Å². The molecule has 0 unspecified atom stereocenters. The quantitative estimate of drug-likeness (QED) is 0.775. The average Bonchev–Trinajstić information content (AvgIpc) is 3.10. The lowest BCUT2D eigenvalue weighted by Crippen LogP contribution is -2.13. The fourth-order valence-electron chi connectivity index (χ4n) is 1.82. The van der Waals surface area contributed by atoms with E-state index in [4.69, 9.17) is 5.73 Å². The van der Waals surface area contributed by atoms with E-state index >= 15 is 0 Å². The third-order valence-electron chi connectivity index (χ3n) is 2.72. The molecule has 0 saturated carbocycles. The number of carbonyl (C=O) groups is 1. The minimum atomic E-state index is -0.248. The van der Waals surface area contributed by atoms with E-state index in [0.29, 0.717) is 10.8 Å². The van der Waals surface area contributed by atoms with Gasteiger partial charge in [0.2, 0.25) is 0 Å². The van der Waals surface area contributed by atoms with Crippen LogP contribution in [0.25, 0.3) is 10.4 Å². The van der Waals surface area contributed by atoms with Gasteiger partial charge in [0.1, 0.15) is 5.69 Å². The van der Waals surface area contributed by atoms with E-state index in [-0.39, 0.29) is 5.91 Å². The number of para-hydroxylation sites is 1. The highest BCUT2D eigenvalue weighted by molar-refractivity contribution is 7.14. The molecule has 0 fully saturated rings. The molecule has 20 heavy (non-hydrogen) atoms. The molecule has 100 valence electrons. The Balaban J connectivity index is 1.90. The van der Waals surface area contributed by atoms with Crippen LogP contribution in [0.1, 0.15) is 10.5 Å². The first kappa shape index (κ1) is 12.8. The first-order chi connectivity index (χ1) is 9.74. The van der Waals surface area contributed by atoms with Crippen LogP contribution in [0.5, 0.6) is 0 Å². The number of nitrogens with one attached hydrogen (secondary N) is 1. The summed E-state index contributed by atoms with van der Waals surface area (Å²) in [5, 5.41) is 6.94. The van der Waals surface area contributed by atoms with Crippen molar-refractivity contribution in [1.82, 2.24) is 4.98 Å². The van der Waals surface area contributed by atoms with E-state index in [1.165, 1.54) is 11.3 Å². The van der Waals surface area contributed by atoms with E-state index in [1.54, 1.807) is 16.7 Å². The number of thiophene rings is 1. The zero-order valence-corrected chi connectivity index (χ0v) is 12.0. The maximum atomic E-state index is 12.1.